The van der Waals surface area contributed by atoms with Gasteiger partial charge in [0.05, 0.1) is 11.2 Å². The van der Waals surface area contributed by atoms with E-state index in [2.05, 4.69) is 51.7 Å². The van der Waals surface area contributed by atoms with Crippen LogP contribution in [0, 0.1) is 0 Å². The quantitative estimate of drug-likeness (QED) is 0.530. The lowest BCUT2D eigenvalue weighted by Crippen LogP contribution is -1.89. The second-order valence-corrected chi connectivity index (χ2v) is 6.08. The molecule has 25 heavy (non-hydrogen) atoms. The Labute approximate surface area is 143 Å². The van der Waals surface area contributed by atoms with Gasteiger partial charge >= 0.3 is 0 Å². The van der Waals surface area contributed by atoms with Gasteiger partial charge < -0.3 is 4.98 Å². The molecule has 0 amide bonds. The van der Waals surface area contributed by atoms with Gasteiger partial charge in [-0.2, -0.15) is 0 Å². The van der Waals surface area contributed by atoms with Gasteiger partial charge in [-0.15, -0.1) is 5.10 Å². The average molecular weight is 325 g/mol. The SMILES string of the molecule is Cn1nnc2ccc(-c3c[nH]c4nc(-c5ccccc5)ccc34)cc21. The zero-order valence-electron chi connectivity index (χ0n) is 13.6. The van der Waals surface area contributed by atoms with E-state index in [0.717, 1.165) is 44.5 Å². The van der Waals surface area contributed by atoms with E-state index in [1.165, 1.54) is 0 Å². The first kappa shape index (κ1) is 13.9. The highest BCUT2D eigenvalue weighted by Gasteiger charge is 2.11. The number of H-pyrrole nitrogens is 1. The van der Waals surface area contributed by atoms with Crippen LogP contribution < -0.4 is 0 Å². The maximum absolute atomic E-state index is 4.78. The largest absolute Gasteiger partial charge is 0.345 e. The van der Waals surface area contributed by atoms with Crippen molar-refractivity contribution < 1.29 is 0 Å². The first-order chi connectivity index (χ1) is 12.3. The van der Waals surface area contributed by atoms with E-state index in [1.807, 2.05) is 37.5 Å². The first-order valence-corrected chi connectivity index (χ1v) is 8.13. The second-order valence-electron chi connectivity index (χ2n) is 6.08. The van der Waals surface area contributed by atoms with Crippen LogP contribution in [0.1, 0.15) is 0 Å². The number of nitrogens with one attached hydrogen (secondary N) is 1. The van der Waals surface area contributed by atoms with Gasteiger partial charge in [-0.25, -0.2) is 9.67 Å². The van der Waals surface area contributed by atoms with Crippen molar-refractivity contribution in [3.8, 4) is 22.4 Å². The fourth-order valence-corrected chi connectivity index (χ4v) is 3.21. The summed E-state index contributed by atoms with van der Waals surface area (Å²) in [6, 6.07) is 20.6. The van der Waals surface area contributed by atoms with Crippen LogP contribution in [-0.2, 0) is 7.05 Å². The van der Waals surface area contributed by atoms with Crippen molar-refractivity contribution in [2.75, 3.05) is 0 Å². The highest BCUT2D eigenvalue weighted by Crippen LogP contribution is 2.31. The number of aromatic nitrogens is 5. The number of aryl methyl sites for hydroxylation is 1. The number of benzene rings is 2. The van der Waals surface area contributed by atoms with Gasteiger partial charge in [-0.1, -0.05) is 41.6 Å². The third kappa shape index (κ3) is 2.21. The molecule has 120 valence electrons. The van der Waals surface area contributed by atoms with Crippen molar-refractivity contribution >= 4 is 22.1 Å². The standard InChI is InChI=1S/C20H15N5/c1-25-19-11-14(7-9-18(19)23-24-25)16-12-21-20-15(16)8-10-17(22-20)13-5-3-2-4-6-13/h2-12H,1H3,(H,21,22). The summed E-state index contributed by atoms with van der Waals surface area (Å²) < 4.78 is 1.79. The number of aromatic amines is 1. The van der Waals surface area contributed by atoms with Gasteiger partial charge in [0.25, 0.3) is 0 Å². The molecular formula is C20H15N5. The third-order valence-corrected chi connectivity index (χ3v) is 4.53. The molecule has 5 aromatic rings. The van der Waals surface area contributed by atoms with Crippen molar-refractivity contribution in [3.05, 3.63) is 66.9 Å². The molecule has 0 radical (unpaired) electrons. The summed E-state index contributed by atoms with van der Waals surface area (Å²) in [5.74, 6) is 0. The lowest BCUT2D eigenvalue weighted by molar-refractivity contribution is 0.736. The Morgan fingerprint density at radius 1 is 0.920 bits per heavy atom. The Balaban J connectivity index is 1.65. The van der Waals surface area contributed by atoms with Gasteiger partial charge in [-0.05, 0) is 29.8 Å². The summed E-state index contributed by atoms with van der Waals surface area (Å²) in [6.07, 6.45) is 2.01. The minimum atomic E-state index is 0.889. The van der Waals surface area contributed by atoms with Crippen LogP contribution in [0.4, 0.5) is 0 Å². The molecule has 0 atom stereocenters. The topological polar surface area (TPSA) is 59.4 Å². The van der Waals surface area contributed by atoms with Crippen molar-refractivity contribution in [1.82, 2.24) is 25.0 Å². The number of hydrogen-bond acceptors (Lipinski definition) is 3. The molecule has 5 heteroatoms. The molecule has 2 aromatic carbocycles. The summed E-state index contributed by atoms with van der Waals surface area (Å²) in [5, 5.41) is 9.32. The first-order valence-electron chi connectivity index (χ1n) is 8.13. The third-order valence-electron chi connectivity index (χ3n) is 4.53. The van der Waals surface area contributed by atoms with Crippen LogP contribution in [0.3, 0.4) is 0 Å². The Morgan fingerprint density at radius 2 is 1.80 bits per heavy atom. The van der Waals surface area contributed by atoms with Gasteiger partial charge in [0.1, 0.15) is 11.2 Å². The van der Waals surface area contributed by atoms with Gasteiger partial charge in [0.2, 0.25) is 0 Å². The van der Waals surface area contributed by atoms with Gasteiger partial charge in [0, 0.05) is 29.8 Å². The van der Waals surface area contributed by atoms with E-state index >= 15 is 0 Å². The number of nitrogens with zero attached hydrogens (tertiary/aromatic N) is 4. The van der Waals surface area contributed by atoms with E-state index in [1.54, 1.807) is 4.68 Å². The summed E-state index contributed by atoms with van der Waals surface area (Å²) in [7, 11) is 1.90. The maximum Gasteiger partial charge on any atom is 0.138 e. The molecule has 0 saturated heterocycles. The normalized spacial score (nSPS) is 11.4. The smallest absolute Gasteiger partial charge is 0.138 e. The minimum absolute atomic E-state index is 0.889. The molecule has 0 aliphatic heterocycles. The zero-order valence-corrected chi connectivity index (χ0v) is 13.6. The van der Waals surface area contributed by atoms with Crippen molar-refractivity contribution in [2.45, 2.75) is 0 Å². The van der Waals surface area contributed by atoms with Crippen LogP contribution in [0.15, 0.2) is 66.9 Å². The van der Waals surface area contributed by atoms with E-state index in [9.17, 15) is 0 Å². The second kappa shape index (κ2) is 5.27. The molecule has 0 fully saturated rings. The predicted molar refractivity (Wildman–Crippen MR) is 99.0 cm³/mol. The summed E-state index contributed by atoms with van der Waals surface area (Å²) in [4.78, 5) is 8.08. The molecule has 3 heterocycles. The zero-order chi connectivity index (χ0) is 16.8. The molecule has 0 unspecified atom stereocenters. The maximum atomic E-state index is 4.78. The Hall–Kier alpha value is -3.47. The number of rotatable bonds is 2. The molecule has 0 aliphatic carbocycles. The summed E-state index contributed by atoms with van der Waals surface area (Å²) in [5.41, 5.74) is 7.13. The Kier molecular flexibility index (Phi) is 2.94. The highest BCUT2D eigenvalue weighted by molar-refractivity contribution is 5.96. The number of fused-ring (bicyclic) bond motifs is 2. The predicted octanol–water partition coefficient (Wildman–Crippen LogP) is 4.18. The lowest BCUT2D eigenvalue weighted by Gasteiger charge is -2.03. The molecule has 0 bridgehead atoms. The highest BCUT2D eigenvalue weighted by atomic mass is 15.4. The van der Waals surface area contributed by atoms with E-state index < -0.39 is 0 Å². The van der Waals surface area contributed by atoms with Crippen LogP contribution in [0.5, 0.6) is 0 Å². The number of hydrogen-bond donors (Lipinski definition) is 1. The monoisotopic (exact) mass is 325 g/mol. The molecule has 0 aliphatic rings. The van der Waals surface area contributed by atoms with Crippen molar-refractivity contribution in [3.63, 3.8) is 0 Å². The van der Waals surface area contributed by atoms with Crippen LogP contribution in [-0.4, -0.2) is 25.0 Å². The van der Waals surface area contributed by atoms with Gasteiger partial charge in [-0.3, -0.25) is 0 Å². The van der Waals surface area contributed by atoms with E-state index in [4.69, 9.17) is 4.98 Å². The Morgan fingerprint density at radius 3 is 2.68 bits per heavy atom. The van der Waals surface area contributed by atoms with E-state index in [-0.39, 0.29) is 0 Å². The fourth-order valence-electron chi connectivity index (χ4n) is 3.21. The minimum Gasteiger partial charge on any atom is -0.345 e. The van der Waals surface area contributed by atoms with Gasteiger partial charge in [0.15, 0.2) is 0 Å². The lowest BCUT2D eigenvalue weighted by atomic mass is 10.0. The average Bonchev–Trinajstić information content (AvgIpc) is 3.25. The molecule has 5 nitrogen and oxygen atoms in total. The van der Waals surface area contributed by atoms with Crippen LogP contribution in [0.2, 0.25) is 0 Å². The van der Waals surface area contributed by atoms with Crippen molar-refractivity contribution in [1.29, 1.82) is 0 Å². The fraction of sp³-hybridized carbons (Fsp3) is 0.0500. The Bertz CT molecular complexity index is 1200. The van der Waals surface area contributed by atoms with Crippen molar-refractivity contribution in [2.24, 2.45) is 7.05 Å². The molecule has 0 saturated carbocycles. The van der Waals surface area contributed by atoms with E-state index in [0.29, 0.717) is 0 Å². The molecule has 1 N–H and O–H groups in total. The number of pyridine rings is 1. The summed E-state index contributed by atoms with van der Waals surface area (Å²) in [6.45, 7) is 0. The molecule has 3 aromatic heterocycles. The summed E-state index contributed by atoms with van der Waals surface area (Å²) >= 11 is 0. The molecular weight excluding hydrogens is 310 g/mol. The van der Waals surface area contributed by atoms with Crippen LogP contribution >= 0.6 is 0 Å². The molecule has 0 spiro atoms. The van der Waals surface area contributed by atoms with Crippen LogP contribution in [0.25, 0.3) is 44.5 Å². The molecule has 5 rings (SSSR count).